The summed E-state index contributed by atoms with van der Waals surface area (Å²) in [7, 11) is 0. The Morgan fingerprint density at radius 2 is 0.892 bits per heavy atom. The molecule has 0 saturated heterocycles. The molecule has 0 aliphatic rings. The fourth-order valence-electron chi connectivity index (χ4n) is 8.65. The van der Waals surface area contributed by atoms with Gasteiger partial charge in [0.25, 0.3) is 5.91 Å². The summed E-state index contributed by atoms with van der Waals surface area (Å²) >= 11 is 0. The van der Waals surface area contributed by atoms with Crippen molar-refractivity contribution < 1.29 is 19.1 Å². The number of anilines is 2. The summed E-state index contributed by atoms with van der Waals surface area (Å²) in [5, 5.41) is 24.5. The van der Waals surface area contributed by atoms with Crippen molar-refractivity contribution >= 4 is 85.9 Å². The molecule has 0 aromatic heterocycles. The maximum Gasteiger partial charge on any atom is 0.262 e. The van der Waals surface area contributed by atoms with Gasteiger partial charge in [-0.1, -0.05) is 158 Å². The molecule has 0 N–H and O–H groups in total. The minimum atomic E-state index is -0.162. The van der Waals surface area contributed by atoms with Crippen LogP contribution in [0.4, 0.5) is 34.1 Å². The van der Waals surface area contributed by atoms with E-state index in [1.165, 1.54) is 0 Å². The Kier molecular flexibility index (Phi) is 16.5. The van der Waals surface area contributed by atoms with E-state index in [0.29, 0.717) is 67.0 Å². The summed E-state index contributed by atoms with van der Waals surface area (Å²) in [5.41, 5.74) is 9.97. The normalized spacial score (nSPS) is 11.7. The van der Waals surface area contributed by atoms with Crippen LogP contribution in [0.2, 0.25) is 0 Å². The monoisotopic (exact) mass is 974 g/mol. The number of fused-ring (bicyclic) bond motifs is 2. The largest absolute Gasteiger partial charge is 0.491 e. The van der Waals surface area contributed by atoms with Crippen molar-refractivity contribution in [2.45, 2.75) is 34.3 Å². The van der Waals surface area contributed by atoms with Crippen molar-refractivity contribution in [1.82, 2.24) is 0 Å². The van der Waals surface area contributed by atoms with Crippen molar-refractivity contribution in [3.05, 3.63) is 228 Å². The Bertz CT molecular complexity index is 3450. The molecule has 368 valence electrons. The molecule has 0 atom stereocenters. The van der Waals surface area contributed by atoms with Gasteiger partial charge in [-0.2, -0.15) is 10.2 Å². The molecule has 74 heavy (non-hydrogen) atoms. The van der Waals surface area contributed by atoms with Crippen LogP contribution in [0.1, 0.15) is 65.9 Å². The summed E-state index contributed by atoms with van der Waals surface area (Å²) < 4.78 is 12.4. The summed E-state index contributed by atoms with van der Waals surface area (Å²) in [5.74, 6) is 0.918. The Hall–Kier alpha value is -8.99. The molecule has 0 aliphatic heterocycles. The molecular formula is C64H58N6O4. The van der Waals surface area contributed by atoms with E-state index in [0.717, 1.165) is 66.4 Å². The molecule has 0 unspecified atom stereocenters. The van der Waals surface area contributed by atoms with Crippen molar-refractivity contribution in [2.75, 3.05) is 36.3 Å². The van der Waals surface area contributed by atoms with Gasteiger partial charge in [0, 0.05) is 35.1 Å². The van der Waals surface area contributed by atoms with E-state index in [-0.39, 0.29) is 5.91 Å². The molecule has 9 aromatic rings. The van der Waals surface area contributed by atoms with Gasteiger partial charge in [0.1, 0.15) is 18.0 Å². The standard InChI is InChI=1S/C64H58N6O4/c1-5-69(55-21-11-9-12-22-55)64(71)59-44-51-20-16-18-26-58(51)61(63(59)73-8-4)68-66-54-41-37-49(38-42-54)34-32-47-29-27-46(28-30-47)31-33-48-35-39-53(40-36-48)65-67-60-57-25-17-15-19-50(57)43-52(62(60)72-7-3)45-74-70(6-2)56-23-13-10-14-24-56/h9-44H,5-8,45H2,1-4H3. The molecule has 9 aromatic carbocycles. The molecule has 1 amide bonds. The second kappa shape index (κ2) is 24.4. The number of hydroxylamine groups is 1. The zero-order valence-electron chi connectivity index (χ0n) is 42.1. The lowest BCUT2D eigenvalue weighted by Gasteiger charge is -2.23. The van der Waals surface area contributed by atoms with Crippen molar-refractivity contribution in [3.8, 4) is 11.5 Å². The fourth-order valence-corrected chi connectivity index (χ4v) is 8.65. The van der Waals surface area contributed by atoms with Gasteiger partial charge in [-0.15, -0.1) is 10.2 Å². The number of azo groups is 2. The van der Waals surface area contributed by atoms with Crippen molar-refractivity contribution in [1.29, 1.82) is 0 Å². The highest BCUT2D eigenvalue weighted by Crippen LogP contribution is 2.43. The van der Waals surface area contributed by atoms with E-state index in [4.69, 9.17) is 24.5 Å². The molecule has 0 fully saturated rings. The fraction of sp³-hybridized carbons (Fsp3) is 0.141. The van der Waals surface area contributed by atoms with E-state index < -0.39 is 0 Å². The van der Waals surface area contributed by atoms with E-state index in [1.54, 1.807) is 4.90 Å². The number of benzene rings is 9. The third-order valence-electron chi connectivity index (χ3n) is 12.4. The topological polar surface area (TPSA) is 101 Å². The van der Waals surface area contributed by atoms with Crippen LogP contribution in [0.25, 0.3) is 45.8 Å². The Morgan fingerprint density at radius 1 is 0.459 bits per heavy atom. The van der Waals surface area contributed by atoms with Crippen molar-refractivity contribution in [3.63, 3.8) is 0 Å². The van der Waals surface area contributed by atoms with Gasteiger partial charge in [-0.25, -0.2) is 0 Å². The van der Waals surface area contributed by atoms with Crippen molar-refractivity contribution in [2.24, 2.45) is 20.5 Å². The van der Waals surface area contributed by atoms with E-state index in [9.17, 15) is 4.79 Å². The highest BCUT2D eigenvalue weighted by molar-refractivity contribution is 6.13. The Morgan fingerprint density at radius 3 is 1.38 bits per heavy atom. The molecule has 0 heterocycles. The smallest absolute Gasteiger partial charge is 0.262 e. The molecular weight excluding hydrogens is 917 g/mol. The average molecular weight is 975 g/mol. The van der Waals surface area contributed by atoms with Crippen LogP contribution >= 0.6 is 0 Å². The molecule has 0 spiro atoms. The average Bonchev–Trinajstić information content (AvgIpc) is 3.45. The van der Waals surface area contributed by atoms with E-state index >= 15 is 0 Å². The number of amides is 1. The number of nitrogens with zero attached hydrogens (tertiary/aromatic N) is 6. The maximum atomic E-state index is 14.2. The maximum absolute atomic E-state index is 14.2. The molecule has 0 bridgehead atoms. The van der Waals surface area contributed by atoms with Crippen LogP contribution < -0.4 is 19.4 Å². The second-order valence-electron chi connectivity index (χ2n) is 17.2. The zero-order chi connectivity index (χ0) is 51.1. The number of rotatable bonds is 20. The molecule has 10 heteroatoms. The number of hydrogen-bond acceptors (Lipinski definition) is 9. The van der Waals surface area contributed by atoms with Gasteiger partial charge in [0.2, 0.25) is 0 Å². The lowest BCUT2D eigenvalue weighted by Crippen LogP contribution is -2.31. The highest BCUT2D eigenvalue weighted by atomic mass is 16.7. The van der Waals surface area contributed by atoms with Crippen LogP contribution in [0.15, 0.2) is 215 Å². The van der Waals surface area contributed by atoms with Crippen LogP contribution in [0.3, 0.4) is 0 Å². The predicted octanol–water partition coefficient (Wildman–Crippen LogP) is 17.6. The molecule has 0 aliphatic carbocycles. The number of ether oxygens (including phenoxy) is 2. The lowest BCUT2D eigenvalue weighted by molar-refractivity contribution is 0.0953. The Balaban J connectivity index is 0.846. The summed E-state index contributed by atoms with van der Waals surface area (Å²) in [6.45, 7) is 10.2. The molecule has 10 nitrogen and oxygen atoms in total. The van der Waals surface area contributed by atoms with Crippen LogP contribution in [0.5, 0.6) is 11.5 Å². The SMILES string of the molecule is CCOc1c(CON(CC)c2ccccc2)cc2ccccc2c1N=Nc1ccc(C=Cc2ccc(C=Cc3ccc(N=Nc4c(OCC)c(C(=O)N(CC)c5ccccc5)cc5ccccc45)cc3)cc2)cc1. The second-order valence-corrected chi connectivity index (χ2v) is 17.2. The van der Waals surface area contributed by atoms with Gasteiger partial charge >= 0.3 is 0 Å². The van der Waals surface area contributed by atoms with Gasteiger partial charge < -0.3 is 14.4 Å². The predicted molar refractivity (Wildman–Crippen MR) is 304 cm³/mol. The number of hydrogen-bond donors (Lipinski definition) is 0. The highest BCUT2D eigenvalue weighted by Gasteiger charge is 2.25. The summed E-state index contributed by atoms with van der Waals surface area (Å²) in [4.78, 5) is 22.2. The quantitative estimate of drug-likeness (QED) is 0.0430. The van der Waals surface area contributed by atoms with E-state index in [1.807, 2.05) is 184 Å². The van der Waals surface area contributed by atoms with Gasteiger partial charge in [0.05, 0.1) is 35.8 Å². The van der Waals surface area contributed by atoms with Crippen LogP contribution in [-0.2, 0) is 11.4 Å². The van der Waals surface area contributed by atoms with Gasteiger partial charge in [0.15, 0.2) is 11.5 Å². The van der Waals surface area contributed by atoms with Crippen LogP contribution in [0, 0.1) is 0 Å². The van der Waals surface area contributed by atoms with E-state index in [2.05, 4.69) is 77.9 Å². The first-order chi connectivity index (χ1) is 36.4. The third-order valence-corrected chi connectivity index (χ3v) is 12.4. The van der Waals surface area contributed by atoms with Crippen LogP contribution in [-0.4, -0.2) is 32.2 Å². The first-order valence-corrected chi connectivity index (χ1v) is 25.1. The lowest BCUT2D eigenvalue weighted by atomic mass is 10.0. The number of carbonyl (C=O) groups excluding carboxylic acids is 1. The molecule has 0 radical (unpaired) electrons. The summed E-state index contributed by atoms with van der Waals surface area (Å²) in [6, 6.07) is 64.1. The number of carbonyl (C=O) groups is 1. The number of para-hydroxylation sites is 2. The van der Waals surface area contributed by atoms with Gasteiger partial charge in [-0.05, 0) is 121 Å². The zero-order valence-corrected chi connectivity index (χ0v) is 42.1. The minimum Gasteiger partial charge on any atom is -0.491 e. The van der Waals surface area contributed by atoms with Gasteiger partial charge in [-0.3, -0.25) is 14.7 Å². The minimum absolute atomic E-state index is 0.162. The first-order valence-electron chi connectivity index (χ1n) is 25.1. The molecule has 9 rings (SSSR count). The Labute approximate surface area is 433 Å². The third kappa shape index (κ3) is 12.0. The first kappa shape index (κ1) is 50.0. The summed E-state index contributed by atoms with van der Waals surface area (Å²) in [6.07, 6.45) is 8.35. The molecule has 0 saturated carbocycles.